The first kappa shape index (κ1) is 14.6. The third-order valence-electron chi connectivity index (χ3n) is 2.53. The van der Waals surface area contributed by atoms with E-state index in [-0.39, 0.29) is 0 Å². The van der Waals surface area contributed by atoms with E-state index >= 15 is 0 Å². The topological polar surface area (TPSA) is 3.24 Å². The Labute approximate surface area is 97.1 Å². The van der Waals surface area contributed by atoms with Crippen molar-refractivity contribution in [2.75, 3.05) is 19.6 Å². The van der Waals surface area contributed by atoms with Gasteiger partial charge in [-0.05, 0) is 37.4 Å². The lowest BCUT2D eigenvalue weighted by atomic mass is 10.2. The fourth-order valence-electron chi connectivity index (χ4n) is 1.26. The molecule has 0 fully saturated rings. The van der Waals surface area contributed by atoms with Crippen molar-refractivity contribution >= 4 is 14.5 Å². The number of aryl methyl sites for hydroxylation is 1. The minimum atomic E-state index is 1.19. The first-order valence-electron chi connectivity index (χ1n) is 5.69. The largest absolute Gasteiger partial charge is 0.304 e. The summed E-state index contributed by atoms with van der Waals surface area (Å²) in [5.74, 6) is 0. The van der Waals surface area contributed by atoms with Crippen LogP contribution in [-0.2, 0) is 0 Å². The van der Waals surface area contributed by atoms with Crippen LogP contribution in [0.25, 0.3) is 0 Å². The first-order valence-corrected chi connectivity index (χ1v) is 6.26. The summed E-state index contributed by atoms with van der Waals surface area (Å²) >= 11 is 0. The van der Waals surface area contributed by atoms with Crippen LogP contribution in [0.1, 0.15) is 26.3 Å². The Kier molecular flexibility index (Phi) is 8.65. The van der Waals surface area contributed by atoms with Crippen LogP contribution in [0, 0.1) is 6.92 Å². The molecule has 1 aromatic rings. The third kappa shape index (κ3) is 6.65. The minimum absolute atomic E-state index is 1.19. The maximum Gasteiger partial charge on any atom is -0.00474 e. The van der Waals surface area contributed by atoms with Crippen molar-refractivity contribution in [1.82, 2.24) is 4.90 Å². The number of benzene rings is 1. The highest BCUT2D eigenvalue weighted by Crippen LogP contribution is 1.96. The molecule has 0 aromatic heterocycles. The monoisotopic (exact) mass is 225 g/mol. The van der Waals surface area contributed by atoms with Gasteiger partial charge in [0.05, 0.1) is 0 Å². The van der Waals surface area contributed by atoms with Gasteiger partial charge in [0.15, 0.2) is 0 Å². The Morgan fingerprint density at radius 1 is 1.00 bits per heavy atom. The Bertz CT molecular complexity index is 230. The van der Waals surface area contributed by atoms with Crippen LogP contribution < -0.4 is 5.30 Å². The van der Waals surface area contributed by atoms with Crippen molar-refractivity contribution in [1.29, 1.82) is 0 Å². The number of nitrogens with zero attached hydrogens (tertiary/aromatic N) is 1. The van der Waals surface area contributed by atoms with Crippen LogP contribution in [-0.4, -0.2) is 24.5 Å². The Morgan fingerprint density at radius 3 is 1.67 bits per heavy atom. The second-order valence-corrected chi connectivity index (χ2v) is 4.10. The summed E-state index contributed by atoms with van der Waals surface area (Å²) in [6, 6.07) is 8.26. The molecule has 0 aliphatic carbocycles. The van der Waals surface area contributed by atoms with Crippen LogP contribution in [0.15, 0.2) is 24.3 Å². The summed E-state index contributed by atoms with van der Waals surface area (Å²) in [4.78, 5) is 2.38. The molecule has 0 spiro atoms. The maximum absolute atomic E-state index is 2.69. The van der Waals surface area contributed by atoms with E-state index in [0.717, 1.165) is 0 Å². The second kappa shape index (κ2) is 8.88. The summed E-state index contributed by atoms with van der Waals surface area (Å²) in [6.45, 7) is 12.2. The van der Waals surface area contributed by atoms with Gasteiger partial charge in [0.1, 0.15) is 0 Å². The average Bonchev–Trinajstić information content (AvgIpc) is 2.26. The fourth-order valence-corrected chi connectivity index (χ4v) is 1.46. The number of hydrogen-bond donors (Lipinski definition) is 0. The molecule has 0 amide bonds. The predicted molar refractivity (Wildman–Crippen MR) is 74.0 cm³/mol. The maximum atomic E-state index is 2.69. The van der Waals surface area contributed by atoms with Gasteiger partial charge < -0.3 is 4.90 Å². The Hall–Kier alpha value is -0.390. The summed E-state index contributed by atoms with van der Waals surface area (Å²) in [5.41, 5.74) is 1.33. The molecular weight excluding hydrogens is 201 g/mol. The second-order valence-electron chi connectivity index (χ2n) is 3.48. The van der Waals surface area contributed by atoms with Crippen LogP contribution in [0.3, 0.4) is 0 Å². The molecule has 0 bridgehead atoms. The normalized spacial score (nSPS) is 9.73. The van der Waals surface area contributed by atoms with Crippen LogP contribution in [0.4, 0.5) is 0 Å². The van der Waals surface area contributed by atoms with E-state index in [9.17, 15) is 0 Å². The number of hydrogen-bond acceptors (Lipinski definition) is 1. The molecule has 2 heteroatoms. The molecule has 1 nitrogen and oxygen atoms in total. The predicted octanol–water partition coefficient (Wildman–Crippen LogP) is 2.84. The number of rotatable bonds is 3. The van der Waals surface area contributed by atoms with E-state index in [2.05, 4.69) is 54.0 Å². The molecule has 1 unspecified atom stereocenters. The first-order chi connectivity index (χ1) is 7.15. The molecule has 1 atom stereocenters. The van der Waals surface area contributed by atoms with Gasteiger partial charge in [-0.1, -0.05) is 45.0 Å². The molecule has 1 aromatic carbocycles. The van der Waals surface area contributed by atoms with Crippen molar-refractivity contribution in [3.63, 3.8) is 0 Å². The lowest BCUT2D eigenvalue weighted by molar-refractivity contribution is 0.321. The average molecular weight is 225 g/mol. The third-order valence-corrected chi connectivity index (χ3v) is 3.18. The van der Waals surface area contributed by atoms with E-state index in [0.29, 0.717) is 0 Å². The van der Waals surface area contributed by atoms with E-state index in [4.69, 9.17) is 0 Å². The van der Waals surface area contributed by atoms with Gasteiger partial charge in [-0.25, -0.2) is 0 Å². The highest BCUT2D eigenvalue weighted by atomic mass is 31.0. The molecular formula is C13H24NP. The molecule has 0 aliphatic rings. The molecule has 0 saturated heterocycles. The van der Waals surface area contributed by atoms with Crippen molar-refractivity contribution in [2.24, 2.45) is 0 Å². The summed E-state index contributed by atoms with van der Waals surface area (Å²) in [6.07, 6.45) is 0. The van der Waals surface area contributed by atoms with E-state index in [1.807, 2.05) is 12.1 Å². The van der Waals surface area contributed by atoms with Gasteiger partial charge >= 0.3 is 0 Å². The van der Waals surface area contributed by atoms with Gasteiger partial charge in [-0.2, -0.15) is 0 Å². The van der Waals surface area contributed by atoms with E-state index in [1.165, 1.54) is 30.5 Å². The molecule has 0 aliphatic heterocycles. The Balaban J connectivity index is 0.000000265. The van der Waals surface area contributed by atoms with Gasteiger partial charge in [0.2, 0.25) is 0 Å². The smallest absolute Gasteiger partial charge is 0.00474 e. The van der Waals surface area contributed by atoms with Gasteiger partial charge in [0, 0.05) is 0 Å². The van der Waals surface area contributed by atoms with Gasteiger partial charge in [-0.15, -0.1) is 9.24 Å². The zero-order valence-electron chi connectivity index (χ0n) is 10.5. The molecule has 0 radical (unpaired) electrons. The Morgan fingerprint density at radius 2 is 1.47 bits per heavy atom. The zero-order valence-corrected chi connectivity index (χ0v) is 11.6. The summed E-state index contributed by atoms with van der Waals surface area (Å²) < 4.78 is 0. The zero-order chi connectivity index (χ0) is 11.7. The van der Waals surface area contributed by atoms with Crippen LogP contribution in [0.2, 0.25) is 0 Å². The minimum Gasteiger partial charge on any atom is -0.304 e. The van der Waals surface area contributed by atoms with Gasteiger partial charge in [-0.3, -0.25) is 0 Å². The van der Waals surface area contributed by atoms with Crippen molar-refractivity contribution < 1.29 is 0 Å². The summed E-state index contributed by atoms with van der Waals surface area (Å²) in [5, 5.41) is 1.28. The van der Waals surface area contributed by atoms with Crippen molar-refractivity contribution in [2.45, 2.75) is 27.7 Å². The summed E-state index contributed by atoms with van der Waals surface area (Å²) in [7, 11) is 2.69. The van der Waals surface area contributed by atoms with Gasteiger partial charge in [0.25, 0.3) is 0 Å². The molecule has 0 N–H and O–H groups in total. The van der Waals surface area contributed by atoms with Crippen molar-refractivity contribution in [3.05, 3.63) is 29.8 Å². The van der Waals surface area contributed by atoms with Crippen LogP contribution >= 0.6 is 9.24 Å². The highest BCUT2D eigenvalue weighted by molar-refractivity contribution is 7.27. The fraction of sp³-hybridized carbons (Fsp3) is 0.538. The lowest BCUT2D eigenvalue weighted by Crippen LogP contribution is -2.21. The van der Waals surface area contributed by atoms with Crippen molar-refractivity contribution in [3.8, 4) is 0 Å². The lowest BCUT2D eigenvalue weighted by Gasteiger charge is -2.13. The van der Waals surface area contributed by atoms with E-state index < -0.39 is 0 Å². The molecule has 0 heterocycles. The SMILES string of the molecule is CCN(CC)CC.Cc1ccccc1P. The molecule has 86 valence electrons. The highest BCUT2D eigenvalue weighted by Gasteiger charge is 1.89. The molecule has 15 heavy (non-hydrogen) atoms. The molecule has 1 rings (SSSR count). The standard InChI is InChI=1S/C7H9P.C6H15N/c1-6-4-2-3-5-7(6)8;1-4-7(5-2)6-3/h2-5H,8H2,1H3;4-6H2,1-3H3. The quantitative estimate of drug-likeness (QED) is 0.715. The van der Waals surface area contributed by atoms with E-state index in [1.54, 1.807) is 0 Å². The van der Waals surface area contributed by atoms with Crippen LogP contribution in [0.5, 0.6) is 0 Å². The molecule has 0 saturated carbocycles.